The number of methoxy groups -OCH3 is 1. The van der Waals surface area contributed by atoms with Gasteiger partial charge >= 0.3 is 0 Å². The van der Waals surface area contributed by atoms with E-state index in [1.807, 2.05) is 12.1 Å². The number of rotatable bonds is 6. The van der Waals surface area contributed by atoms with Gasteiger partial charge in [0.25, 0.3) is 5.91 Å². The van der Waals surface area contributed by atoms with Crippen molar-refractivity contribution in [2.24, 2.45) is 0 Å². The Morgan fingerprint density at radius 2 is 2.24 bits per heavy atom. The number of carbonyl (C=O) groups is 1. The lowest BCUT2D eigenvalue weighted by atomic mass is 9.78. The largest absolute Gasteiger partial charge is 0.385 e. The van der Waals surface area contributed by atoms with E-state index >= 15 is 0 Å². The second kappa shape index (κ2) is 7.76. The minimum absolute atomic E-state index is 0.0496. The molecule has 2 N–H and O–H groups in total. The van der Waals surface area contributed by atoms with Gasteiger partial charge in [-0.3, -0.25) is 14.5 Å². The van der Waals surface area contributed by atoms with Crippen LogP contribution in [0.4, 0.5) is 0 Å². The van der Waals surface area contributed by atoms with Crippen molar-refractivity contribution in [1.82, 2.24) is 20.1 Å². The minimum atomic E-state index is -0.850. The first kappa shape index (κ1) is 17.6. The number of hydrogen-bond acceptors (Lipinski definition) is 5. The highest BCUT2D eigenvalue weighted by atomic mass is 16.5. The predicted molar refractivity (Wildman–Crippen MR) is 92.0 cm³/mol. The van der Waals surface area contributed by atoms with Crippen LogP contribution in [-0.4, -0.2) is 45.5 Å². The monoisotopic (exact) mass is 344 g/mol. The maximum atomic E-state index is 12.3. The van der Waals surface area contributed by atoms with Gasteiger partial charge in [-0.1, -0.05) is 6.07 Å². The third-order valence-electron chi connectivity index (χ3n) is 4.74. The van der Waals surface area contributed by atoms with E-state index in [1.165, 1.54) is 0 Å². The highest BCUT2D eigenvalue weighted by Crippen LogP contribution is 2.36. The fraction of sp³-hybridized carbons (Fsp3) is 0.500. The molecular weight excluding hydrogens is 320 g/mol. The molecule has 0 bridgehead atoms. The summed E-state index contributed by atoms with van der Waals surface area (Å²) >= 11 is 0. The van der Waals surface area contributed by atoms with Crippen molar-refractivity contribution in [2.45, 2.75) is 43.9 Å². The average Bonchev–Trinajstić information content (AvgIpc) is 3.12. The molecule has 0 radical (unpaired) electrons. The van der Waals surface area contributed by atoms with Gasteiger partial charge < -0.3 is 15.2 Å². The highest BCUT2D eigenvalue weighted by Gasteiger charge is 2.35. The van der Waals surface area contributed by atoms with Gasteiger partial charge in [0.15, 0.2) is 0 Å². The van der Waals surface area contributed by atoms with Crippen LogP contribution in [0.25, 0.3) is 0 Å². The Hall–Kier alpha value is -2.25. The van der Waals surface area contributed by atoms with Crippen LogP contribution in [0, 0.1) is 0 Å². The van der Waals surface area contributed by atoms with Gasteiger partial charge in [0, 0.05) is 37.3 Å². The Morgan fingerprint density at radius 1 is 1.44 bits per heavy atom. The zero-order valence-corrected chi connectivity index (χ0v) is 14.4. The van der Waals surface area contributed by atoms with E-state index in [0.29, 0.717) is 31.7 Å². The summed E-state index contributed by atoms with van der Waals surface area (Å²) in [6.45, 7) is 1.17. The normalized spacial score (nSPS) is 23.4. The van der Waals surface area contributed by atoms with Crippen LogP contribution in [0.1, 0.15) is 41.7 Å². The summed E-state index contributed by atoms with van der Waals surface area (Å²) < 4.78 is 6.70. The van der Waals surface area contributed by atoms with Gasteiger partial charge in [-0.15, -0.1) is 0 Å². The zero-order chi connectivity index (χ0) is 17.7. The van der Waals surface area contributed by atoms with E-state index in [9.17, 15) is 9.90 Å². The summed E-state index contributed by atoms with van der Waals surface area (Å²) in [6.07, 6.45) is 7.84. The van der Waals surface area contributed by atoms with Crippen molar-refractivity contribution in [1.29, 1.82) is 0 Å². The van der Waals surface area contributed by atoms with E-state index in [2.05, 4.69) is 15.4 Å². The molecule has 2 aromatic heterocycles. The summed E-state index contributed by atoms with van der Waals surface area (Å²) in [5.74, 6) is -0.173. The van der Waals surface area contributed by atoms with Crippen molar-refractivity contribution in [3.63, 3.8) is 0 Å². The molecule has 1 aliphatic rings. The van der Waals surface area contributed by atoms with Crippen LogP contribution in [0.2, 0.25) is 0 Å². The van der Waals surface area contributed by atoms with Crippen molar-refractivity contribution >= 4 is 5.91 Å². The number of hydrogen-bond donors (Lipinski definition) is 2. The minimum Gasteiger partial charge on any atom is -0.385 e. The maximum Gasteiger partial charge on any atom is 0.271 e. The molecule has 1 amide bonds. The molecule has 0 spiro atoms. The third kappa shape index (κ3) is 4.24. The maximum absolute atomic E-state index is 12.3. The summed E-state index contributed by atoms with van der Waals surface area (Å²) in [5.41, 5.74) is 0.401. The SMILES string of the molecule is COCCn1ccc(C(=O)NC2CCC(O)(c3cccnc3)CC2)n1. The number of amides is 1. The summed E-state index contributed by atoms with van der Waals surface area (Å²) in [5, 5.41) is 18.1. The number of carbonyl (C=O) groups excluding carboxylic acids is 1. The lowest BCUT2D eigenvalue weighted by Crippen LogP contribution is -2.42. The van der Waals surface area contributed by atoms with E-state index in [0.717, 1.165) is 18.4 Å². The molecule has 1 saturated carbocycles. The molecular formula is C18H24N4O3. The number of nitrogens with zero attached hydrogens (tertiary/aromatic N) is 3. The topological polar surface area (TPSA) is 89.3 Å². The number of ether oxygens (including phenoxy) is 1. The molecule has 7 nitrogen and oxygen atoms in total. The summed E-state index contributed by atoms with van der Waals surface area (Å²) in [6, 6.07) is 5.49. The molecule has 1 fully saturated rings. The van der Waals surface area contributed by atoms with Gasteiger partial charge in [-0.2, -0.15) is 5.10 Å². The molecule has 25 heavy (non-hydrogen) atoms. The Balaban J connectivity index is 1.53. The first-order valence-corrected chi connectivity index (χ1v) is 8.57. The molecule has 2 aromatic rings. The van der Waals surface area contributed by atoms with Crippen LogP contribution >= 0.6 is 0 Å². The summed E-state index contributed by atoms with van der Waals surface area (Å²) in [7, 11) is 1.63. The van der Waals surface area contributed by atoms with Gasteiger partial charge in [0.2, 0.25) is 0 Å². The van der Waals surface area contributed by atoms with E-state index in [1.54, 1.807) is 36.4 Å². The second-order valence-electron chi connectivity index (χ2n) is 6.48. The molecule has 0 saturated heterocycles. The lowest BCUT2D eigenvalue weighted by molar-refractivity contribution is -0.00833. The van der Waals surface area contributed by atoms with Crippen molar-refractivity contribution in [3.05, 3.63) is 48.0 Å². The first-order chi connectivity index (χ1) is 12.1. The standard InChI is InChI=1S/C18H24N4O3/c1-25-12-11-22-10-6-16(21-22)17(23)20-15-4-7-18(24,8-5-15)14-3-2-9-19-13-14/h2-3,6,9-10,13,15,24H,4-5,7-8,11-12H2,1H3,(H,20,23). The van der Waals surface area contributed by atoms with Crippen molar-refractivity contribution in [2.75, 3.05) is 13.7 Å². The number of pyridine rings is 1. The van der Waals surface area contributed by atoms with E-state index in [4.69, 9.17) is 4.74 Å². The van der Waals surface area contributed by atoms with Gasteiger partial charge in [-0.25, -0.2) is 0 Å². The molecule has 7 heteroatoms. The Kier molecular flexibility index (Phi) is 5.45. The molecule has 0 aliphatic heterocycles. The fourth-order valence-electron chi connectivity index (χ4n) is 3.22. The number of nitrogens with one attached hydrogen (secondary N) is 1. The molecule has 1 aliphatic carbocycles. The molecule has 3 rings (SSSR count). The molecule has 0 unspecified atom stereocenters. The van der Waals surface area contributed by atoms with E-state index in [-0.39, 0.29) is 11.9 Å². The van der Waals surface area contributed by atoms with Crippen LogP contribution in [0.15, 0.2) is 36.8 Å². The smallest absolute Gasteiger partial charge is 0.271 e. The van der Waals surface area contributed by atoms with Crippen molar-refractivity contribution < 1.29 is 14.6 Å². The van der Waals surface area contributed by atoms with E-state index < -0.39 is 5.60 Å². The lowest BCUT2D eigenvalue weighted by Gasteiger charge is -2.36. The van der Waals surface area contributed by atoms with Crippen LogP contribution in [0.5, 0.6) is 0 Å². The van der Waals surface area contributed by atoms with Gasteiger partial charge in [0.1, 0.15) is 5.69 Å². The quantitative estimate of drug-likeness (QED) is 0.829. The Morgan fingerprint density at radius 3 is 2.92 bits per heavy atom. The zero-order valence-electron chi connectivity index (χ0n) is 14.4. The average molecular weight is 344 g/mol. The van der Waals surface area contributed by atoms with Crippen molar-refractivity contribution in [3.8, 4) is 0 Å². The molecule has 2 heterocycles. The van der Waals surface area contributed by atoms with Crippen LogP contribution < -0.4 is 5.32 Å². The van der Waals surface area contributed by atoms with Crippen LogP contribution in [-0.2, 0) is 16.9 Å². The molecule has 134 valence electrons. The highest BCUT2D eigenvalue weighted by molar-refractivity contribution is 5.92. The number of aromatic nitrogens is 3. The fourth-order valence-corrected chi connectivity index (χ4v) is 3.22. The second-order valence-corrected chi connectivity index (χ2v) is 6.48. The number of aliphatic hydroxyl groups is 1. The first-order valence-electron chi connectivity index (χ1n) is 8.57. The summed E-state index contributed by atoms with van der Waals surface area (Å²) in [4.78, 5) is 16.4. The Labute approximate surface area is 147 Å². The molecule has 0 aromatic carbocycles. The third-order valence-corrected chi connectivity index (χ3v) is 4.74. The molecule has 0 atom stereocenters. The van der Waals surface area contributed by atoms with Gasteiger partial charge in [0.05, 0.1) is 18.8 Å². The Bertz CT molecular complexity index is 693. The van der Waals surface area contributed by atoms with Gasteiger partial charge in [-0.05, 0) is 37.8 Å². The predicted octanol–water partition coefficient (Wildman–Crippen LogP) is 1.48. The van der Waals surface area contributed by atoms with Crippen LogP contribution in [0.3, 0.4) is 0 Å².